The number of rotatable bonds is 3. The van der Waals surface area contributed by atoms with E-state index >= 15 is 0 Å². The van der Waals surface area contributed by atoms with E-state index in [1.807, 2.05) is 50.2 Å². The summed E-state index contributed by atoms with van der Waals surface area (Å²) in [5.74, 6) is -0.172. The Balaban J connectivity index is 1.83. The molecule has 23 heavy (non-hydrogen) atoms. The Bertz CT molecular complexity index is 856. The zero-order chi connectivity index (χ0) is 16.4. The summed E-state index contributed by atoms with van der Waals surface area (Å²) in [6, 6.07) is 13.1. The lowest BCUT2D eigenvalue weighted by molar-refractivity contribution is 0.102. The number of hydrogen-bond acceptors (Lipinski definition) is 4. The number of amides is 1. The lowest BCUT2D eigenvalue weighted by atomic mass is 10.0. The number of nitrogens with one attached hydrogen (secondary N) is 1. The van der Waals surface area contributed by atoms with Gasteiger partial charge in [-0.3, -0.25) is 10.1 Å². The highest BCUT2D eigenvalue weighted by Crippen LogP contribution is 2.28. The Morgan fingerprint density at radius 3 is 2.48 bits per heavy atom. The summed E-state index contributed by atoms with van der Waals surface area (Å²) in [5.41, 5.74) is 3.42. The molecule has 1 heterocycles. The Hall–Kier alpha value is -2.24. The number of aromatic nitrogens is 2. The Labute approximate surface area is 143 Å². The van der Waals surface area contributed by atoms with Crippen molar-refractivity contribution in [2.24, 2.45) is 0 Å². The molecule has 116 valence electrons. The van der Waals surface area contributed by atoms with Gasteiger partial charge in [-0.15, -0.1) is 10.2 Å². The Kier molecular flexibility index (Phi) is 4.41. The van der Waals surface area contributed by atoms with Gasteiger partial charge in [0.1, 0.15) is 5.01 Å². The molecule has 0 bridgehead atoms. The molecular formula is C17H14ClN3OS. The van der Waals surface area contributed by atoms with Crippen molar-refractivity contribution in [3.05, 3.63) is 64.2 Å². The molecule has 2 aromatic carbocycles. The predicted octanol–water partition coefficient (Wildman–Crippen LogP) is 4.73. The second-order valence-electron chi connectivity index (χ2n) is 5.14. The van der Waals surface area contributed by atoms with Gasteiger partial charge in [0.2, 0.25) is 5.13 Å². The number of hydrogen-bond donors (Lipinski definition) is 1. The van der Waals surface area contributed by atoms with Crippen LogP contribution in [0.5, 0.6) is 0 Å². The predicted molar refractivity (Wildman–Crippen MR) is 94.2 cm³/mol. The second-order valence-corrected chi connectivity index (χ2v) is 6.56. The third-order valence-electron chi connectivity index (χ3n) is 3.43. The first-order chi connectivity index (χ1) is 11.0. The van der Waals surface area contributed by atoms with Gasteiger partial charge in [0.05, 0.1) is 0 Å². The van der Waals surface area contributed by atoms with Gasteiger partial charge in [0.25, 0.3) is 5.91 Å². The molecule has 1 amide bonds. The van der Waals surface area contributed by atoms with Crippen LogP contribution in [0.1, 0.15) is 21.5 Å². The summed E-state index contributed by atoms with van der Waals surface area (Å²) >= 11 is 7.30. The van der Waals surface area contributed by atoms with Crippen molar-refractivity contribution in [3.63, 3.8) is 0 Å². The summed E-state index contributed by atoms with van der Waals surface area (Å²) in [7, 11) is 0. The minimum Gasteiger partial charge on any atom is -0.296 e. The summed E-state index contributed by atoms with van der Waals surface area (Å²) in [6.45, 7) is 3.83. The van der Waals surface area contributed by atoms with Crippen LogP contribution < -0.4 is 5.32 Å². The SMILES string of the molecule is Cc1cccc(C)c1C(=O)Nc1nnc(-c2cccc(Cl)c2)s1. The highest BCUT2D eigenvalue weighted by molar-refractivity contribution is 7.18. The molecule has 3 rings (SSSR count). The Morgan fingerprint density at radius 1 is 1.09 bits per heavy atom. The van der Waals surface area contributed by atoms with Crippen molar-refractivity contribution in [2.75, 3.05) is 5.32 Å². The van der Waals surface area contributed by atoms with Gasteiger partial charge in [0.15, 0.2) is 0 Å². The highest BCUT2D eigenvalue weighted by Gasteiger charge is 2.15. The molecule has 1 aromatic heterocycles. The van der Waals surface area contributed by atoms with E-state index in [-0.39, 0.29) is 5.91 Å². The maximum Gasteiger partial charge on any atom is 0.258 e. The monoisotopic (exact) mass is 343 g/mol. The van der Waals surface area contributed by atoms with Crippen molar-refractivity contribution < 1.29 is 4.79 Å². The number of benzene rings is 2. The summed E-state index contributed by atoms with van der Waals surface area (Å²) in [5, 5.41) is 12.8. The van der Waals surface area contributed by atoms with Crippen LogP contribution in [0.25, 0.3) is 10.6 Å². The fourth-order valence-electron chi connectivity index (χ4n) is 2.34. The standard InChI is InChI=1S/C17H14ClN3OS/c1-10-5-3-6-11(2)14(10)15(22)19-17-21-20-16(23-17)12-7-4-8-13(18)9-12/h3-9H,1-2H3,(H,19,21,22). The van der Waals surface area contributed by atoms with E-state index in [9.17, 15) is 4.79 Å². The van der Waals surface area contributed by atoms with Crippen LogP contribution in [-0.4, -0.2) is 16.1 Å². The van der Waals surface area contributed by atoms with Crippen LogP contribution in [0.15, 0.2) is 42.5 Å². The molecule has 0 spiro atoms. The van der Waals surface area contributed by atoms with Crippen LogP contribution in [0.2, 0.25) is 5.02 Å². The molecule has 0 saturated carbocycles. The van der Waals surface area contributed by atoms with E-state index in [1.165, 1.54) is 11.3 Å². The zero-order valence-corrected chi connectivity index (χ0v) is 14.2. The number of carbonyl (C=O) groups is 1. The van der Waals surface area contributed by atoms with Crippen LogP contribution in [-0.2, 0) is 0 Å². The zero-order valence-electron chi connectivity index (χ0n) is 12.6. The average Bonchev–Trinajstić information content (AvgIpc) is 2.95. The molecule has 0 atom stereocenters. The van der Waals surface area contributed by atoms with E-state index in [0.717, 1.165) is 16.7 Å². The van der Waals surface area contributed by atoms with Crippen molar-refractivity contribution in [1.29, 1.82) is 0 Å². The number of carbonyl (C=O) groups excluding carboxylic acids is 1. The molecule has 0 aliphatic heterocycles. The lowest BCUT2D eigenvalue weighted by Gasteiger charge is -2.08. The van der Waals surface area contributed by atoms with Gasteiger partial charge in [-0.2, -0.15) is 0 Å². The smallest absolute Gasteiger partial charge is 0.258 e. The molecule has 1 N–H and O–H groups in total. The van der Waals surface area contributed by atoms with Crippen molar-refractivity contribution in [2.45, 2.75) is 13.8 Å². The number of halogens is 1. The number of aryl methyl sites for hydroxylation is 2. The van der Waals surface area contributed by atoms with E-state index in [4.69, 9.17) is 11.6 Å². The fourth-order valence-corrected chi connectivity index (χ4v) is 3.27. The van der Waals surface area contributed by atoms with Gasteiger partial charge in [-0.25, -0.2) is 0 Å². The van der Waals surface area contributed by atoms with Gasteiger partial charge in [0, 0.05) is 16.1 Å². The molecule has 0 aliphatic rings. The molecule has 0 saturated heterocycles. The number of anilines is 1. The topological polar surface area (TPSA) is 54.9 Å². The molecule has 0 unspecified atom stereocenters. The summed E-state index contributed by atoms with van der Waals surface area (Å²) < 4.78 is 0. The Morgan fingerprint density at radius 2 is 1.78 bits per heavy atom. The molecular weight excluding hydrogens is 330 g/mol. The first-order valence-corrected chi connectivity index (χ1v) is 8.21. The van der Waals surface area contributed by atoms with E-state index in [0.29, 0.717) is 20.7 Å². The molecule has 3 aromatic rings. The first-order valence-electron chi connectivity index (χ1n) is 7.01. The van der Waals surface area contributed by atoms with Gasteiger partial charge in [-0.05, 0) is 37.1 Å². The third kappa shape index (κ3) is 3.41. The lowest BCUT2D eigenvalue weighted by Crippen LogP contribution is -2.14. The third-order valence-corrected chi connectivity index (χ3v) is 4.55. The molecule has 6 heteroatoms. The van der Waals surface area contributed by atoms with Crippen LogP contribution in [0.4, 0.5) is 5.13 Å². The van der Waals surface area contributed by atoms with Crippen molar-refractivity contribution in [1.82, 2.24) is 10.2 Å². The molecule has 0 radical (unpaired) electrons. The maximum absolute atomic E-state index is 12.5. The van der Waals surface area contributed by atoms with Gasteiger partial charge >= 0.3 is 0 Å². The minimum absolute atomic E-state index is 0.172. The molecule has 0 aliphatic carbocycles. The van der Waals surface area contributed by atoms with E-state index in [1.54, 1.807) is 6.07 Å². The van der Waals surface area contributed by atoms with E-state index < -0.39 is 0 Å². The minimum atomic E-state index is -0.172. The summed E-state index contributed by atoms with van der Waals surface area (Å²) in [4.78, 5) is 12.5. The van der Waals surface area contributed by atoms with Crippen LogP contribution >= 0.6 is 22.9 Å². The number of nitrogens with zero attached hydrogens (tertiary/aromatic N) is 2. The van der Waals surface area contributed by atoms with Crippen LogP contribution in [0.3, 0.4) is 0 Å². The van der Waals surface area contributed by atoms with Crippen molar-refractivity contribution >= 4 is 34.0 Å². The quantitative estimate of drug-likeness (QED) is 0.748. The summed E-state index contributed by atoms with van der Waals surface area (Å²) in [6.07, 6.45) is 0. The highest BCUT2D eigenvalue weighted by atomic mass is 35.5. The second kappa shape index (κ2) is 6.48. The van der Waals surface area contributed by atoms with Crippen LogP contribution in [0, 0.1) is 13.8 Å². The van der Waals surface area contributed by atoms with Gasteiger partial charge in [-0.1, -0.05) is 53.3 Å². The normalized spacial score (nSPS) is 10.6. The molecule has 0 fully saturated rings. The van der Waals surface area contributed by atoms with Gasteiger partial charge < -0.3 is 0 Å². The van der Waals surface area contributed by atoms with E-state index in [2.05, 4.69) is 15.5 Å². The molecule has 4 nitrogen and oxygen atoms in total. The largest absolute Gasteiger partial charge is 0.296 e. The average molecular weight is 344 g/mol. The fraction of sp³-hybridized carbons (Fsp3) is 0.118. The maximum atomic E-state index is 12.5. The van der Waals surface area contributed by atoms with Crippen molar-refractivity contribution in [3.8, 4) is 10.6 Å². The first kappa shape index (κ1) is 15.6.